The maximum atomic E-state index is 12.8. The standard InChI is InChI=1S/C12H12F2N2O2/c13-12(14)5-11(6-12)7-15(8-11)9-1-3-10(4-2-9)16(17)18/h1-4H,5-8H2. The van der Waals surface area contributed by atoms with Crippen LogP contribution in [0.5, 0.6) is 0 Å². The Kier molecular flexibility index (Phi) is 2.15. The molecule has 0 amide bonds. The molecule has 0 atom stereocenters. The summed E-state index contributed by atoms with van der Waals surface area (Å²) >= 11 is 0. The number of nitrogens with zero attached hydrogens (tertiary/aromatic N) is 2. The zero-order valence-electron chi connectivity index (χ0n) is 9.60. The highest BCUT2D eigenvalue weighted by molar-refractivity contribution is 5.54. The fraction of sp³-hybridized carbons (Fsp3) is 0.500. The van der Waals surface area contributed by atoms with Gasteiger partial charge in [-0.2, -0.15) is 0 Å². The first-order valence-corrected chi connectivity index (χ1v) is 5.77. The maximum absolute atomic E-state index is 12.8. The van der Waals surface area contributed by atoms with Gasteiger partial charge in [-0.15, -0.1) is 0 Å². The van der Waals surface area contributed by atoms with E-state index in [1.54, 1.807) is 12.1 Å². The molecule has 1 heterocycles. The van der Waals surface area contributed by atoms with Crippen LogP contribution in [0.1, 0.15) is 12.8 Å². The molecule has 1 aliphatic heterocycles. The van der Waals surface area contributed by atoms with Crippen molar-refractivity contribution in [2.75, 3.05) is 18.0 Å². The smallest absolute Gasteiger partial charge is 0.269 e. The molecule has 0 radical (unpaired) electrons. The summed E-state index contributed by atoms with van der Waals surface area (Å²) in [6.07, 6.45) is -0.0486. The Morgan fingerprint density at radius 1 is 1.17 bits per heavy atom. The molecule has 6 heteroatoms. The van der Waals surface area contributed by atoms with Crippen LogP contribution >= 0.6 is 0 Å². The number of hydrogen-bond donors (Lipinski definition) is 0. The summed E-state index contributed by atoms with van der Waals surface area (Å²) in [6.45, 7) is 1.25. The predicted octanol–water partition coefficient (Wildman–Crippen LogP) is 2.83. The van der Waals surface area contributed by atoms with E-state index in [0.717, 1.165) is 5.69 Å². The van der Waals surface area contributed by atoms with Crippen molar-refractivity contribution in [3.63, 3.8) is 0 Å². The summed E-state index contributed by atoms with van der Waals surface area (Å²) in [7, 11) is 0. The first kappa shape index (κ1) is 11.4. The highest BCUT2D eigenvalue weighted by Gasteiger charge is 2.61. The Bertz CT molecular complexity index is 485. The third-order valence-corrected chi connectivity index (χ3v) is 3.75. The molecule has 0 N–H and O–H groups in total. The van der Waals surface area contributed by atoms with Gasteiger partial charge in [0, 0.05) is 49.2 Å². The average Bonchev–Trinajstić information content (AvgIpc) is 2.22. The molecular formula is C12H12F2N2O2. The molecule has 2 aliphatic rings. The fourth-order valence-electron chi connectivity index (χ4n) is 3.00. The van der Waals surface area contributed by atoms with Gasteiger partial charge in [0.25, 0.3) is 5.69 Å². The molecule has 1 aliphatic carbocycles. The molecule has 0 bridgehead atoms. The van der Waals surface area contributed by atoms with Crippen molar-refractivity contribution in [2.45, 2.75) is 18.8 Å². The second-order valence-corrected chi connectivity index (χ2v) is 5.34. The fourth-order valence-corrected chi connectivity index (χ4v) is 3.00. The van der Waals surface area contributed by atoms with Crippen molar-refractivity contribution in [3.8, 4) is 0 Å². The second kappa shape index (κ2) is 3.40. The second-order valence-electron chi connectivity index (χ2n) is 5.34. The molecular weight excluding hydrogens is 242 g/mol. The Balaban J connectivity index is 1.64. The Labute approximate surface area is 102 Å². The van der Waals surface area contributed by atoms with E-state index in [0.29, 0.717) is 13.1 Å². The minimum absolute atomic E-state index is 0.0243. The van der Waals surface area contributed by atoms with E-state index in [1.165, 1.54) is 12.1 Å². The van der Waals surface area contributed by atoms with Crippen LogP contribution in [0.15, 0.2) is 24.3 Å². The van der Waals surface area contributed by atoms with Gasteiger partial charge in [-0.1, -0.05) is 0 Å². The highest BCUT2D eigenvalue weighted by Crippen LogP contribution is 2.57. The molecule has 1 aromatic carbocycles. The lowest BCUT2D eigenvalue weighted by molar-refractivity contribution is -0.384. The molecule has 1 saturated heterocycles. The number of hydrogen-bond acceptors (Lipinski definition) is 3. The van der Waals surface area contributed by atoms with Gasteiger partial charge in [0.15, 0.2) is 0 Å². The van der Waals surface area contributed by atoms with Gasteiger partial charge in [-0.05, 0) is 12.1 Å². The van der Waals surface area contributed by atoms with Crippen LogP contribution < -0.4 is 4.90 Å². The number of alkyl halides is 2. The van der Waals surface area contributed by atoms with Crippen LogP contribution in [-0.2, 0) is 0 Å². The summed E-state index contributed by atoms with van der Waals surface area (Å²) in [4.78, 5) is 12.0. The number of nitro groups is 1. The number of nitro benzene ring substituents is 1. The van der Waals surface area contributed by atoms with Gasteiger partial charge in [0.05, 0.1) is 4.92 Å². The lowest BCUT2D eigenvalue weighted by atomic mass is 9.61. The minimum Gasteiger partial charge on any atom is -0.370 e. The van der Waals surface area contributed by atoms with Crippen LogP contribution in [0, 0.1) is 15.5 Å². The summed E-state index contributed by atoms with van der Waals surface area (Å²) in [5, 5.41) is 10.5. The highest BCUT2D eigenvalue weighted by atomic mass is 19.3. The first-order valence-electron chi connectivity index (χ1n) is 5.77. The van der Waals surface area contributed by atoms with Gasteiger partial charge in [-0.3, -0.25) is 10.1 Å². The summed E-state index contributed by atoms with van der Waals surface area (Å²) in [6, 6.07) is 6.22. The number of non-ortho nitro benzene ring substituents is 1. The maximum Gasteiger partial charge on any atom is 0.269 e. The topological polar surface area (TPSA) is 46.4 Å². The minimum atomic E-state index is -2.48. The Hall–Kier alpha value is -1.72. The molecule has 0 unspecified atom stereocenters. The lowest BCUT2D eigenvalue weighted by Gasteiger charge is -2.59. The molecule has 2 fully saturated rings. The third kappa shape index (κ3) is 1.72. The van der Waals surface area contributed by atoms with E-state index >= 15 is 0 Å². The Morgan fingerprint density at radius 3 is 2.17 bits per heavy atom. The monoisotopic (exact) mass is 254 g/mol. The van der Waals surface area contributed by atoms with E-state index in [1.807, 2.05) is 4.90 Å². The van der Waals surface area contributed by atoms with E-state index in [4.69, 9.17) is 0 Å². The van der Waals surface area contributed by atoms with Gasteiger partial charge in [0.2, 0.25) is 5.92 Å². The van der Waals surface area contributed by atoms with Crippen molar-refractivity contribution in [1.29, 1.82) is 0 Å². The summed E-state index contributed by atoms with van der Waals surface area (Å²) in [5.41, 5.74) is 0.691. The molecule has 3 rings (SSSR count). The van der Waals surface area contributed by atoms with Crippen molar-refractivity contribution in [2.24, 2.45) is 5.41 Å². The molecule has 96 valence electrons. The van der Waals surface area contributed by atoms with E-state index in [-0.39, 0.29) is 23.9 Å². The summed E-state index contributed by atoms with van der Waals surface area (Å²) in [5.74, 6) is -2.48. The van der Waals surface area contributed by atoms with Crippen LogP contribution in [0.3, 0.4) is 0 Å². The SMILES string of the molecule is O=[N+]([O-])c1ccc(N2CC3(C2)CC(F)(F)C3)cc1. The number of anilines is 1. The molecule has 0 aromatic heterocycles. The lowest BCUT2D eigenvalue weighted by Crippen LogP contribution is -2.65. The van der Waals surface area contributed by atoms with Crippen LogP contribution in [0.2, 0.25) is 0 Å². The number of halogens is 2. The normalized spacial score (nSPS) is 23.3. The third-order valence-electron chi connectivity index (χ3n) is 3.75. The molecule has 4 nitrogen and oxygen atoms in total. The van der Waals surface area contributed by atoms with Crippen molar-refractivity contribution < 1.29 is 13.7 Å². The summed E-state index contributed by atoms with van der Waals surface area (Å²) < 4.78 is 25.7. The van der Waals surface area contributed by atoms with Crippen molar-refractivity contribution in [3.05, 3.63) is 34.4 Å². The van der Waals surface area contributed by atoms with Crippen molar-refractivity contribution in [1.82, 2.24) is 0 Å². The predicted molar refractivity (Wildman–Crippen MR) is 61.9 cm³/mol. The van der Waals surface area contributed by atoms with Gasteiger partial charge >= 0.3 is 0 Å². The van der Waals surface area contributed by atoms with Gasteiger partial charge in [0.1, 0.15) is 0 Å². The number of benzene rings is 1. The van der Waals surface area contributed by atoms with Crippen LogP contribution in [0.4, 0.5) is 20.2 Å². The largest absolute Gasteiger partial charge is 0.370 e. The molecule has 1 saturated carbocycles. The van der Waals surface area contributed by atoms with Gasteiger partial charge < -0.3 is 4.90 Å². The van der Waals surface area contributed by atoms with Crippen LogP contribution in [0.25, 0.3) is 0 Å². The van der Waals surface area contributed by atoms with E-state index in [2.05, 4.69) is 0 Å². The molecule has 1 aromatic rings. The molecule has 18 heavy (non-hydrogen) atoms. The zero-order valence-corrected chi connectivity index (χ0v) is 9.60. The van der Waals surface area contributed by atoms with Gasteiger partial charge in [-0.25, -0.2) is 8.78 Å². The average molecular weight is 254 g/mol. The van der Waals surface area contributed by atoms with Crippen molar-refractivity contribution >= 4 is 11.4 Å². The number of rotatable bonds is 2. The van der Waals surface area contributed by atoms with Crippen LogP contribution in [-0.4, -0.2) is 23.9 Å². The quantitative estimate of drug-likeness (QED) is 0.602. The Morgan fingerprint density at radius 2 is 1.72 bits per heavy atom. The zero-order chi connectivity index (χ0) is 13.0. The first-order chi connectivity index (χ1) is 8.39. The van der Waals surface area contributed by atoms with E-state index in [9.17, 15) is 18.9 Å². The van der Waals surface area contributed by atoms with E-state index < -0.39 is 10.8 Å². The molecule has 1 spiro atoms.